The van der Waals surface area contributed by atoms with Crippen LogP contribution in [-0.2, 0) is 5.75 Å². The van der Waals surface area contributed by atoms with Crippen LogP contribution in [0.25, 0.3) is 10.6 Å². The average molecular weight is 268 g/mol. The zero-order valence-corrected chi connectivity index (χ0v) is 11.4. The molecule has 2 rings (SSSR count). The van der Waals surface area contributed by atoms with Crippen molar-refractivity contribution in [1.29, 1.82) is 0 Å². The summed E-state index contributed by atoms with van der Waals surface area (Å²) in [7, 11) is 0. The van der Waals surface area contributed by atoms with Gasteiger partial charge in [-0.05, 0) is 24.4 Å². The number of nitrogens with two attached hydrogens (primary N) is 1. The van der Waals surface area contributed by atoms with Gasteiger partial charge in [-0.2, -0.15) is 11.8 Å². The van der Waals surface area contributed by atoms with Gasteiger partial charge in [0.2, 0.25) is 0 Å². The molecule has 3 nitrogen and oxygen atoms in total. The maximum atomic E-state index is 5.52. The predicted octanol–water partition coefficient (Wildman–Crippen LogP) is 3.37. The Balaban J connectivity index is 1.91. The van der Waals surface area contributed by atoms with Crippen LogP contribution < -0.4 is 5.73 Å². The SMILES string of the molecule is CC(CCN)SCc1cc(-c2cccs2)on1. The quantitative estimate of drug-likeness (QED) is 0.872. The minimum absolute atomic E-state index is 0.571. The lowest BCUT2D eigenvalue weighted by Gasteiger charge is -2.06. The van der Waals surface area contributed by atoms with Crippen LogP contribution in [0.2, 0.25) is 0 Å². The van der Waals surface area contributed by atoms with Gasteiger partial charge in [0.25, 0.3) is 0 Å². The minimum atomic E-state index is 0.571. The molecule has 2 N–H and O–H groups in total. The highest BCUT2D eigenvalue weighted by Crippen LogP contribution is 2.27. The van der Waals surface area contributed by atoms with Gasteiger partial charge in [-0.15, -0.1) is 11.3 Å². The van der Waals surface area contributed by atoms with E-state index in [2.05, 4.69) is 12.1 Å². The van der Waals surface area contributed by atoms with Crippen LogP contribution in [0.1, 0.15) is 19.0 Å². The van der Waals surface area contributed by atoms with Crippen molar-refractivity contribution in [2.75, 3.05) is 6.54 Å². The molecule has 0 fully saturated rings. The lowest BCUT2D eigenvalue weighted by atomic mass is 10.3. The van der Waals surface area contributed by atoms with Crippen molar-refractivity contribution >= 4 is 23.1 Å². The minimum Gasteiger partial charge on any atom is -0.355 e. The molecule has 1 atom stereocenters. The molecule has 0 spiro atoms. The lowest BCUT2D eigenvalue weighted by molar-refractivity contribution is 0.427. The first-order chi connectivity index (χ1) is 8.29. The van der Waals surface area contributed by atoms with Crippen LogP contribution in [0.15, 0.2) is 28.1 Å². The first kappa shape index (κ1) is 12.7. The molecule has 0 aliphatic carbocycles. The number of thioether (sulfide) groups is 1. The zero-order valence-electron chi connectivity index (χ0n) is 9.76. The van der Waals surface area contributed by atoms with Gasteiger partial charge in [-0.1, -0.05) is 18.1 Å². The van der Waals surface area contributed by atoms with Crippen LogP contribution in [0.5, 0.6) is 0 Å². The fraction of sp³-hybridized carbons (Fsp3) is 0.417. The number of aromatic nitrogens is 1. The normalized spacial score (nSPS) is 12.8. The third-order valence-electron chi connectivity index (χ3n) is 2.41. The number of nitrogens with zero attached hydrogens (tertiary/aromatic N) is 1. The van der Waals surface area contributed by atoms with Gasteiger partial charge < -0.3 is 10.3 Å². The maximum absolute atomic E-state index is 5.52. The lowest BCUT2D eigenvalue weighted by Crippen LogP contribution is -2.07. The molecular formula is C12H16N2OS2. The maximum Gasteiger partial charge on any atom is 0.177 e. The number of hydrogen-bond donors (Lipinski definition) is 1. The summed E-state index contributed by atoms with van der Waals surface area (Å²) in [6.07, 6.45) is 1.04. The summed E-state index contributed by atoms with van der Waals surface area (Å²) in [5.41, 5.74) is 6.52. The number of rotatable bonds is 6. The van der Waals surface area contributed by atoms with Crippen molar-refractivity contribution in [3.63, 3.8) is 0 Å². The molecule has 2 aromatic heterocycles. The fourth-order valence-electron chi connectivity index (χ4n) is 1.46. The van der Waals surface area contributed by atoms with E-state index >= 15 is 0 Å². The van der Waals surface area contributed by atoms with Crippen molar-refractivity contribution in [2.24, 2.45) is 5.73 Å². The average Bonchev–Trinajstić information content (AvgIpc) is 2.97. The van der Waals surface area contributed by atoms with Gasteiger partial charge in [-0.25, -0.2) is 0 Å². The largest absolute Gasteiger partial charge is 0.355 e. The molecule has 2 aromatic rings. The molecule has 17 heavy (non-hydrogen) atoms. The summed E-state index contributed by atoms with van der Waals surface area (Å²) in [5.74, 6) is 1.75. The Morgan fingerprint density at radius 1 is 1.59 bits per heavy atom. The van der Waals surface area contributed by atoms with E-state index in [-0.39, 0.29) is 0 Å². The highest BCUT2D eigenvalue weighted by atomic mass is 32.2. The molecule has 0 radical (unpaired) electrons. The molecule has 1 unspecified atom stereocenters. The van der Waals surface area contributed by atoms with Crippen molar-refractivity contribution in [1.82, 2.24) is 5.16 Å². The second-order valence-electron chi connectivity index (χ2n) is 3.86. The summed E-state index contributed by atoms with van der Waals surface area (Å²) in [6, 6.07) is 6.08. The van der Waals surface area contributed by atoms with E-state index in [4.69, 9.17) is 10.3 Å². The van der Waals surface area contributed by atoms with Gasteiger partial charge in [0, 0.05) is 17.1 Å². The molecule has 0 saturated heterocycles. The first-order valence-electron chi connectivity index (χ1n) is 5.60. The second-order valence-corrected chi connectivity index (χ2v) is 6.23. The van der Waals surface area contributed by atoms with E-state index < -0.39 is 0 Å². The molecule has 92 valence electrons. The van der Waals surface area contributed by atoms with Gasteiger partial charge in [0.15, 0.2) is 5.76 Å². The predicted molar refractivity (Wildman–Crippen MR) is 74.2 cm³/mol. The smallest absolute Gasteiger partial charge is 0.177 e. The van der Waals surface area contributed by atoms with Crippen LogP contribution >= 0.6 is 23.1 Å². The highest BCUT2D eigenvalue weighted by molar-refractivity contribution is 7.99. The zero-order chi connectivity index (χ0) is 12.1. The van der Waals surface area contributed by atoms with E-state index in [9.17, 15) is 0 Å². The molecular weight excluding hydrogens is 252 g/mol. The Hall–Kier alpha value is -0.780. The summed E-state index contributed by atoms with van der Waals surface area (Å²) in [4.78, 5) is 1.13. The Morgan fingerprint density at radius 3 is 3.18 bits per heavy atom. The van der Waals surface area contributed by atoms with E-state index in [1.807, 2.05) is 35.3 Å². The van der Waals surface area contributed by atoms with Gasteiger partial charge in [0.1, 0.15) is 0 Å². The van der Waals surface area contributed by atoms with Gasteiger partial charge in [-0.3, -0.25) is 0 Å². The van der Waals surface area contributed by atoms with Crippen LogP contribution in [0.3, 0.4) is 0 Å². The number of thiophene rings is 1. The van der Waals surface area contributed by atoms with Crippen molar-refractivity contribution in [3.05, 3.63) is 29.3 Å². The van der Waals surface area contributed by atoms with E-state index in [1.54, 1.807) is 11.3 Å². The van der Waals surface area contributed by atoms with Gasteiger partial charge in [0.05, 0.1) is 10.6 Å². The Bertz CT molecular complexity index is 439. The molecule has 5 heteroatoms. The van der Waals surface area contributed by atoms with E-state index in [1.165, 1.54) is 0 Å². The Labute approximate surface area is 109 Å². The molecule has 0 aliphatic rings. The third kappa shape index (κ3) is 3.59. The molecule has 0 bridgehead atoms. The molecule has 0 aliphatic heterocycles. The summed E-state index contributed by atoms with van der Waals surface area (Å²) >= 11 is 3.53. The standard InChI is InChI=1S/C12H16N2OS2/c1-9(4-5-13)17-8-10-7-11(15-14-10)12-3-2-6-16-12/h2-3,6-7,9H,4-5,8,13H2,1H3. The van der Waals surface area contributed by atoms with Crippen LogP contribution in [0, 0.1) is 0 Å². The first-order valence-corrected chi connectivity index (χ1v) is 7.53. The fourth-order valence-corrected chi connectivity index (χ4v) is 3.03. The molecule has 2 heterocycles. The highest BCUT2D eigenvalue weighted by Gasteiger charge is 2.09. The van der Waals surface area contributed by atoms with Crippen LogP contribution in [0.4, 0.5) is 0 Å². The second kappa shape index (κ2) is 6.23. The van der Waals surface area contributed by atoms with Gasteiger partial charge >= 0.3 is 0 Å². The Kier molecular flexibility index (Phi) is 4.65. The summed E-state index contributed by atoms with van der Waals surface area (Å²) in [6.45, 7) is 2.94. The van der Waals surface area contributed by atoms with Crippen molar-refractivity contribution < 1.29 is 4.52 Å². The van der Waals surface area contributed by atoms with E-state index in [0.717, 1.165) is 35.0 Å². The molecule has 0 saturated carbocycles. The van der Waals surface area contributed by atoms with Crippen LogP contribution in [-0.4, -0.2) is 17.0 Å². The summed E-state index contributed by atoms with van der Waals surface area (Å²) < 4.78 is 5.32. The van der Waals surface area contributed by atoms with Crippen molar-refractivity contribution in [3.8, 4) is 10.6 Å². The van der Waals surface area contributed by atoms with E-state index in [0.29, 0.717) is 5.25 Å². The molecule has 0 aromatic carbocycles. The third-order valence-corrected chi connectivity index (χ3v) is 4.56. The topological polar surface area (TPSA) is 52.0 Å². The summed E-state index contributed by atoms with van der Waals surface area (Å²) in [5, 5.41) is 6.69. The Morgan fingerprint density at radius 2 is 2.47 bits per heavy atom. The van der Waals surface area contributed by atoms with Crippen molar-refractivity contribution in [2.45, 2.75) is 24.3 Å². The monoisotopic (exact) mass is 268 g/mol. The number of hydrogen-bond acceptors (Lipinski definition) is 5. The molecule has 0 amide bonds.